The number of allylic oxidation sites excluding steroid dienone is 1. The molecule has 0 radical (unpaired) electrons. The summed E-state index contributed by atoms with van der Waals surface area (Å²) in [7, 11) is 3.27. The summed E-state index contributed by atoms with van der Waals surface area (Å²) >= 11 is 0. The largest absolute Gasteiger partial charge is 0.493 e. The molecule has 0 unspecified atom stereocenters. The molecule has 2 aromatic rings. The van der Waals surface area contributed by atoms with Gasteiger partial charge in [0.05, 0.1) is 19.7 Å². The Morgan fingerprint density at radius 2 is 1.81 bits per heavy atom. The minimum atomic E-state index is 0.733. The second kappa shape index (κ2) is 3.93. The summed E-state index contributed by atoms with van der Waals surface area (Å²) in [5.41, 5.74) is 2.05. The molecule has 0 saturated heterocycles. The number of hydrogen-bond donors (Lipinski definition) is 0. The molecular formula is C13H15NO2. The molecule has 16 heavy (non-hydrogen) atoms. The van der Waals surface area contributed by atoms with Gasteiger partial charge in [-0.05, 0) is 19.1 Å². The second-order valence-electron chi connectivity index (χ2n) is 3.69. The first-order valence-corrected chi connectivity index (χ1v) is 5.06. The minimum Gasteiger partial charge on any atom is -0.493 e. The predicted molar refractivity (Wildman–Crippen MR) is 66.0 cm³/mol. The van der Waals surface area contributed by atoms with E-state index < -0.39 is 0 Å². The summed E-state index contributed by atoms with van der Waals surface area (Å²) in [4.78, 5) is 0. The van der Waals surface area contributed by atoms with Crippen LogP contribution in [0.4, 0.5) is 0 Å². The first kappa shape index (κ1) is 10.6. The lowest BCUT2D eigenvalue weighted by Crippen LogP contribution is -1.93. The fraction of sp³-hybridized carbons (Fsp3) is 0.231. The zero-order valence-corrected chi connectivity index (χ0v) is 9.78. The molecule has 0 atom stereocenters. The molecule has 2 rings (SSSR count). The maximum absolute atomic E-state index is 5.28. The molecular weight excluding hydrogens is 202 g/mol. The third-order valence-electron chi connectivity index (χ3n) is 2.61. The first-order chi connectivity index (χ1) is 7.67. The van der Waals surface area contributed by atoms with Crippen molar-refractivity contribution in [3.63, 3.8) is 0 Å². The molecule has 3 heteroatoms. The zero-order valence-electron chi connectivity index (χ0n) is 9.78. The van der Waals surface area contributed by atoms with Crippen LogP contribution in [0.3, 0.4) is 0 Å². The molecule has 1 aromatic heterocycles. The van der Waals surface area contributed by atoms with Gasteiger partial charge in [0.2, 0.25) is 0 Å². The van der Waals surface area contributed by atoms with Crippen molar-refractivity contribution in [3.05, 3.63) is 31.0 Å². The van der Waals surface area contributed by atoms with E-state index in [9.17, 15) is 0 Å². The van der Waals surface area contributed by atoms with Gasteiger partial charge in [0, 0.05) is 23.3 Å². The molecule has 0 bridgehead atoms. The Labute approximate surface area is 94.9 Å². The van der Waals surface area contributed by atoms with Crippen LogP contribution in [-0.2, 0) is 0 Å². The quantitative estimate of drug-likeness (QED) is 0.788. The number of hydrogen-bond acceptors (Lipinski definition) is 2. The highest BCUT2D eigenvalue weighted by Crippen LogP contribution is 2.33. The maximum atomic E-state index is 5.28. The average Bonchev–Trinajstić information content (AvgIpc) is 2.69. The van der Waals surface area contributed by atoms with E-state index in [-0.39, 0.29) is 0 Å². The number of nitrogens with zero attached hydrogens (tertiary/aromatic N) is 1. The van der Waals surface area contributed by atoms with Gasteiger partial charge in [-0.3, -0.25) is 0 Å². The Hall–Kier alpha value is -1.90. The van der Waals surface area contributed by atoms with E-state index in [0.717, 1.165) is 28.1 Å². The third kappa shape index (κ3) is 1.54. The van der Waals surface area contributed by atoms with Crippen molar-refractivity contribution in [2.45, 2.75) is 6.92 Å². The number of ether oxygens (including phenoxy) is 2. The molecule has 0 aliphatic heterocycles. The molecule has 0 aliphatic carbocycles. The van der Waals surface area contributed by atoms with E-state index in [1.54, 1.807) is 14.2 Å². The summed E-state index contributed by atoms with van der Waals surface area (Å²) in [6, 6.07) is 5.96. The Morgan fingerprint density at radius 1 is 1.19 bits per heavy atom. The van der Waals surface area contributed by atoms with E-state index in [1.807, 2.05) is 35.9 Å². The van der Waals surface area contributed by atoms with Crippen molar-refractivity contribution < 1.29 is 9.47 Å². The summed E-state index contributed by atoms with van der Waals surface area (Å²) in [5.74, 6) is 1.48. The molecule has 0 fully saturated rings. The molecule has 0 spiro atoms. The smallest absolute Gasteiger partial charge is 0.162 e. The minimum absolute atomic E-state index is 0.733. The number of benzene rings is 1. The van der Waals surface area contributed by atoms with Crippen LogP contribution in [0.15, 0.2) is 31.0 Å². The van der Waals surface area contributed by atoms with Crippen molar-refractivity contribution in [1.29, 1.82) is 0 Å². The molecule has 84 valence electrons. The molecule has 0 N–H and O–H groups in total. The normalized spacial score (nSPS) is 10.4. The van der Waals surface area contributed by atoms with Crippen molar-refractivity contribution in [3.8, 4) is 11.5 Å². The van der Waals surface area contributed by atoms with E-state index in [2.05, 4.69) is 6.58 Å². The lowest BCUT2D eigenvalue weighted by atomic mass is 10.2. The Morgan fingerprint density at radius 3 is 2.38 bits per heavy atom. The van der Waals surface area contributed by atoms with Crippen LogP contribution >= 0.6 is 0 Å². The lowest BCUT2D eigenvalue weighted by molar-refractivity contribution is 0.356. The van der Waals surface area contributed by atoms with Gasteiger partial charge in [-0.15, -0.1) is 0 Å². The Balaban J connectivity index is 2.71. The SMILES string of the molecule is C=C(C)n1ccc2cc(OC)c(OC)cc21. The van der Waals surface area contributed by atoms with Crippen LogP contribution in [0.2, 0.25) is 0 Å². The molecule has 0 amide bonds. The van der Waals surface area contributed by atoms with Crippen LogP contribution in [0.25, 0.3) is 16.6 Å². The highest BCUT2D eigenvalue weighted by atomic mass is 16.5. The van der Waals surface area contributed by atoms with Crippen LogP contribution in [-0.4, -0.2) is 18.8 Å². The fourth-order valence-corrected chi connectivity index (χ4v) is 1.79. The Kier molecular flexibility index (Phi) is 2.60. The number of aromatic nitrogens is 1. The van der Waals surface area contributed by atoms with Crippen molar-refractivity contribution in [2.24, 2.45) is 0 Å². The second-order valence-corrected chi connectivity index (χ2v) is 3.69. The van der Waals surface area contributed by atoms with E-state index >= 15 is 0 Å². The molecule has 3 nitrogen and oxygen atoms in total. The van der Waals surface area contributed by atoms with E-state index in [4.69, 9.17) is 9.47 Å². The van der Waals surface area contributed by atoms with Gasteiger partial charge in [0.15, 0.2) is 11.5 Å². The van der Waals surface area contributed by atoms with Crippen LogP contribution in [0.5, 0.6) is 11.5 Å². The molecule has 1 aromatic carbocycles. The topological polar surface area (TPSA) is 23.4 Å². The van der Waals surface area contributed by atoms with E-state index in [0.29, 0.717) is 0 Å². The van der Waals surface area contributed by atoms with Crippen LogP contribution in [0.1, 0.15) is 6.92 Å². The highest BCUT2D eigenvalue weighted by Gasteiger charge is 2.09. The van der Waals surface area contributed by atoms with Crippen LogP contribution < -0.4 is 9.47 Å². The molecule has 1 heterocycles. The fourth-order valence-electron chi connectivity index (χ4n) is 1.79. The van der Waals surface area contributed by atoms with Crippen molar-refractivity contribution in [2.75, 3.05) is 14.2 Å². The number of rotatable bonds is 3. The third-order valence-corrected chi connectivity index (χ3v) is 2.61. The van der Waals surface area contributed by atoms with Crippen LogP contribution in [0, 0.1) is 0 Å². The first-order valence-electron chi connectivity index (χ1n) is 5.06. The monoisotopic (exact) mass is 217 g/mol. The van der Waals surface area contributed by atoms with Crippen molar-refractivity contribution in [1.82, 2.24) is 4.57 Å². The summed E-state index contributed by atoms with van der Waals surface area (Å²) in [6.07, 6.45) is 1.99. The predicted octanol–water partition coefficient (Wildman–Crippen LogP) is 3.15. The van der Waals surface area contributed by atoms with Gasteiger partial charge in [-0.1, -0.05) is 6.58 Å². The summed E-state index contributed by atoms with van der Waals surface area (Å²) in [6.45, 7) is 5.91. The van der Waals surface area contributed by atoms with Gasteiger partial charge in [-0.2, -0.15) is 0 Å². The lowest BCUT2D eigenvalue weighted by Gasteiger charge is -2.09. The summed E-state index contributed by atoms with van der Waals surface area (Å²) in [5, 5.41) is 1.11. The van der Waals surface area contributed by atoms with Crippen molar-refractivity contribution >= 4 is 16.6 Å². The van der Waals surface area contributed by atoms with Gasteiger partial charge in [-0.25, -0.2) is 0 Å². The number of fused-ring (bicyclic) bond motifs is 1. The molecule has 0 saturated carbocycles. The maximum Gasteiger partial charge on any atom is 0.162 e. The van der Waals surface area contributed by atoms with Gasteiger partial charge in [0.1, 0.15) is 0 Å². The zero-order chi connectivity index (χ0) is 11.7. The molecule has 0 aliphatic rings. The standard InChI is InChI=1S/C13H15NO2/c1-9(2)14-6-5-10-7-12(15-3)13(16-4)8-11(10)14/h5-8H,1H2,2-4H3. The van der Waals surface area contributed by atoms with Gasteiger partial charge < -0.3 is 14.0 Å². The van der Waals surface area contributed by atoms with Gasteiger partial charge in [0.25, 0.3) is 0 Å². The average molecular weight is 217 g/mol. The van der Waals surface area contributed by atoms with E-state index in [1.165, 1.54) is 0 Å². The highest BCUT2D eigenvalue weighted by molar-refractivity contribution is 5.86. The summed E-state index contributed by atoms with van der Waals surface area (Å²) < 4.78 is 12.6. The Bertz CT molecular complexity index is 540. The van der Waals surface area contributed by atoms with Gasteiger partial charge >= 0.3 is 0 Å². The number of methoxy groups -OCH3 is 2.